The van der Waals surface area contributed by atoms with Gasteiger partial charge in [-0.2, -0.15) is 0 Å². The highest BCUT2D eigenvalue weighted by molar-refractivity contribution is 9.10. The quantitative estimate of drug-likeness (QED) is 0.731. The van der Waals surface area contributed by atoms with Crippen LogP contribution in [0.25, 0.3) is 0 Å². The van der Waals surface area contributed by atoms with Gasteiger partial charge in [0.25, 0.3) is 5.91 Å². The molecule has 1 amide bonds. The summed E-state index contributed by atoms with van der Waals surface area (Å²) in [5, 5.41) is 3.15. The molecule has 0 saturated heterocycles. The summed E-state index contributed by atoms with van der Waals surface area (Å²) in [6.45, 7) is 15.6. The molecular weight excluding hydrogens is 358 g/mol. The molecule has 22 heavy (non-hydrogen) atoms. The van der Waals surface area contributed by atoms with E-state index < -0.39 is 8.32 Å². The Morgan fingerprint density at radius 3 is 2.45 bits per heavy atom. The van der Waals surface area contributed by atoms with E-state index in [0.29, 0.717) is 12.1 Å². The lowest BCUT2D eigenvalue weighted by atomic mass is 10.1. The van der Waals surface area contributed by atoms with Gasteiger partial charge in [-0.3, -0.25) is 4.79 Å². The van der Waals surface area contributed by atoms with E-state index in [1.807, 2.05) is 32.0 Å². The first-order valence-corrected chi connectivity index (χ1v) is 11.4. The molecule has 1 N–H and O–H groups in total. The van der Waals surface area contributed by atoms with Gasteiger partial charge in [-0.25, -0.2) is 0 Å². The van der Waals surface area contributed by atoms with E-state index >= 15 is 0 Å². The van der Waals surface area contributed by atoms with E-state index in [1.165, 1.54) is 0 Å². The fourth-order valence-corrected chi connectivity index (χ4v) is 3.85. The zero-order chi connectivity index (χ0) is 17.1. The average Bonchev–Trinajstić information content (AvgIpc) is 2.34. The highest BCUT2D eigenvalue weighted by atomic mass is 79.9. The number of hydrogen-bond acceptors (Lipinski definition) is 2. The Morgan fingerprint density at radius 1 is 1.36 bits per heavy atom. The number of benzene rings is 1. The zero-order valence-corrected chi connectivity index (χ0v) is 17.3. The van der Waals surface area contributed by atoms with Crippen molar-refractivity contribution >= 4 is 30.2 Å². The summed E-state index contributed by atoms with van der Waals surface area (Å²) in [5.41, 5.74) is 1.67. The summed E-state index contributed by atoms with van der Waals surface area (Å²) in [6, 6.07) is 5.68. The normalized spacial score (nSPS) is 13.8. The molecule has 3 nitrogen and oxygen atoms in total. The minimum atomic E-state index is -1.80. The van der Waals surface area contributed by atoms with Gasteiger partial charge in [-0.15, -0.1) is 0 Å². The smallest absolute Gasteiger partial charge is 0.251 e. The lowest BCUT2D eigenvalue weighted by molar-refractivity contribution is 0.0927. The van der Waals surface area contributed by atoms with Crippen molar-refractivity contribution in [2.75, 3.05) is 6.54 Å². The molecule has 0 fully saturated rings. The Morgan fingerprint density at radius 2 is 1.95 bits per heavy atom. The molecule has 0 aliphatic heterocycles. The van der Waals surface area contributed by atoms with Gasteiger partial charge in [0.2, 0.25) is 0 Å². The van der Waals surface area contributed by atoms with Crippen molar-refractivity contribution in [1.82, 2.24) is 5.32 Å². The predicted octanol–water partition coefficient (Wildman–Crippen LogP) is 4.90. The molecule has 0 bridgehead atoms. The predicted molar refractivity (Wildman–Crippen MR) is 99.0 cm³/mol. The second-order valence-corrected chi connectivity index (χ2v) is 13.0. The van der Waals surface area contributed by atoms with Crippen LogP contribution < -0.4 is 5.32 Å². The number of carbonyl (C=O) groups is 1. The van der Waals surface area contributed by atoms with Crippen LogP contribution in [0.3, 0.4) is 0 Å². The summed E-state index contributed by atoms with van der Waals surface area (Å²) in [7, 11) is -1.80. The molecule has 0 aliphatic rings. The Labute approximate surface area is 144 Å². The standard InChI is InChI=1S/C17H28BrNO2Si/c1-12-10-14(18)8-9-15(12)16(20)19-11-13(2)21-22(6,7)17(3,4)5/h8-10,13H,11H2,1-7H3,(H,19,20). The van der Waals surface area contributed by atoms with Gasteiger partial charge in [-0.05, 0) is 55.7 Å². The maximum Gasteiger partial charge on any atom is 0.251 e. The Hall–Kier alpha value is -0.653. The molecule has 1 aromatic rings. The van der Waals surface area contributed by atoms with Gasteiger partial charge in [0.05, 0.1) is 6.10 Å². The first-order chi connectivity index (χ1) is 9.94. The van der Waals surface area contributed by atoms with Crippen LogP contribution in [0.15, 0.2) is 22.7 Å². The van der Waals surface area contributed by atoms with Crippen molar-refractivity contribution in [3.63, 3.8) is 0 Å². The van der Waals surface area contributed by atoms with Crippen molar-refractivity contribution < 1.29 is 9.22 Å². The second kappa shape index (κ2) is 7.28. The maximum atomic E-state index is 12.3. The monoisotopic (exact) mass is 385 g/mol. The van der Waals surface area contributed by atoms with Crippen LogP contribution in [0.2, 0.25) is 18.1 Å². The van der Waals surface area contributed by atoms with Crippen molar-refractivity contribution in [3.05, 3.63) is 33.8 Å². The van der Waals surface area contributed by atoms with E-state index in [9.17, 15) is 4.79 Å². The van der Waals surface area contributed by atoms with Crippen LogP contribution >= 0.6 is 15.9 Å². The molecule has 0 heterocycles. The molecule has 5 heteroatoms. The van der Waals surface area contributed by atoms with Crippen LogP contribution in [0.4, 0.5) is 0 Å². The zero-order valence-electron chi connectivity index (χ0n) is 14.7. The van der Waals surface area contributed by atoms with Crippen LogP contribution in [-0.4, -0.2) is 26.9 Å². The van der Waals surface area contributed by atoms with Gasteiger partial charge in [-0.1, -0.05) is 36.7 Å². The molecule has 1 unspecified atom stereocenters. The van der Waals surface area contributed by atoms with Gasteiger partial charge in [0.1, 0.15) is 0 Å². The Bertz CT molecular complexity index is 538. The van der Waals surface area contributed by atoms with Gasteiger partial charge in [0.15, 0.2) is 8.32 Å². The fraction of sp³-hybridized carbons (Fsp3) is 0.588. The van der Waals surface area contributed by atoms with E-state index in [1.54, 1.807) is 0 Å². The van der Waals surface area contributed by atoms with Crippen LogP contribution in [0, 0.1) is 6.92 Å². The molecule has 1 rings (SSSR count). The van der Waals surface area contributed by atoms with E-state index in [-0.39, 0.29) is 17.0 Å². The highest BCUT2D eigenvalue weighted by Crippen LogP contribution is 2.37. The first-order valence-electron chi connectivity index (χ1n) is 7.66. The van der Waals surface area contributed by atoms with E-state index in [0.717, 1.165) is 10.0 Å². The third-order valence-corrected chi connectivity index (χ3v) is 9.38. The third-order valence-electron chi connectivity index (χ3n) is 4.29. The maximum absolute atomic E-state index is 12.3. The molecule has 124 valence electrons. The average molecular weight is 386 g/mol. The number of aryl methyl sites for hydroxylation is 1. The van der Waals surface area contributed by atoms with Crippen molar-refractivity contribution in [1.29, 1.82) is 0 Å². The first kappa shape index (κ1) is 19.4. The lowest BCUT2D eigenvalue weighted by Crippen LogP contribution is -2.46. The molecule has 0 spiro atoms. The molecule has 0 aromatic heterocycles. The van der Waals surface area contributed by atoms with Crippen molar-refractivity contribution in [2.24, 2.45) is 0 Å². The topological polar surface area (TPSA) is 38.3 Å². The summed E-state index contributed by atoms with van der Waals surface area (Å²) >= 11 is 3.41. The number of amides is 1. The molecule has 1 aromatic carbocycles. The second-order valence-electron chi connectivity index (χ2n) is 7.36. The van der Waals surface area contributed by atoms with Crippen LogP contribution in [0.5, 0.6) is 0 Å². The molecular formula is C17H28BrNO2Si. The summed E-state index contributed by atoms with van der Waals surface area (Å²) in [6.07, 6.45) is 0.0144. The number of nitrogens with one attached hydrogen (secondary N) is 1. The minimum absolute atomic E-state index is 0.0144. The van der Waals surface area contributed by atoms with Gasteiger partial charge >= 0.3 is 0 Å². The third kappa shape index (κ3) is 5.21. The highest BCUT2D eigenvalue weighted by Gasteiger charge is 2.38. The molecule has 0 aliphatic carbocycles. The summed E-state index contributed by atoms with van der Waals surface area (Å²) < 4.78 is 7.24. The summed E-state index contributed by atoms with van der Waals surface area (Å²) in [4.78, 5) is 12.3. The molecule has 0 saturated carbocycles. The lowest BCUT2D eigenvalue weighted by Gasteiger charge is -2.38. The SMILES string of the molecule is Cc1cc(Br)ccc1C(=O)NCC(C)O[Si](C)(C)C(C)(C)C. The fourth-order valence-electron chi connectivity index (χ4n) is 1.93. The number of halogens is 1. The van der Waals surface area contributed by atoms with Gasteiger partial charge < -0.3 is 9.74 Å². The van der Waals surface area contributed by atoms with Crippen molar-refractivity contribution in [3.8, 4) is 0 Å². The molecule has 0 radical (unpaired) electrons. The van der Waals surface area contributed by atoms with E-state index in [4.69, 9.17) is 4.43 Å². The van der Waals surface area contributed by atoms with Crippen LogP contribution in [-0.2, 0) is 4.43 Å². The van der Waals surface area contributed by atoms with Gasteiger partial charge in [0, 0.05) is 16.6 Å². The Kier molecular flexibility index (Phi) is 6.42. The minimum Gasteiger partial charge on any atom is -0.412 e. The van der Waals surface area contributed by atoms with Crippen LogP contribution in [0.1, 0.15) is 43.6 Å². The Balaban J connectivity index is 2.61. The number of rotatable bonds is 5. The molecule has 1 atom stereocenters. The van der Waals surface area contributed by atoms with E-state index in [2.05, 4.69) is 55.1 Å². The summed E-state index contributed by atoms with van der Waals surface area (Å²) in [5.74, 6) is -0.0457. The van der Waals surface area contributed by atoms with Crippen molar-refractivity contribution in [2.45, 2.75) is 58.9 Å². The number of hydrogen-bond donors (Lipinski definition) is 1. The largest absolute Gasteiger partial charge is 0.412 e. The number of carbonyl (C=O) groups excluding carboxylic acids is 1.